The molecule has 0 saturated carbocycles. The Labute approximate surface area is 111 Å². The van der Waals surface area contributed by atoms with Crippen LogP contribution in [-0.2, 0) is 14.3 Å². The van der Waals surface area contributed by atoms with Crippen LogP contribution in [0.3, 0.4) is 0 Å². The van der Waals surface area contributed by atoms with Gasteiger partial charge in [-0.2, -0.15) is 0 Å². The highest BCUT2D eigenvalue weighted by Gasteiger charge is 2.33. The first kappa shape index (κ1) is 15.4. The van der Waals surface area contributed by atoms with Crippen molar-refractivity contribution in [2.75, 3.05) is 26.8 Å². The molecule has 0 spiro atoms. The van der Waals surface area contributed by atoms with Crippen molar-refractivity contribution >= 4 is 5.97 Å². The van der Waals surface area contributed by atoms with E-state index in [9.17, 15) is 4.79 Å². The molecule has 3 atom stereocenters. The van der Waals surface area contributed by atoms with Crippen LogP contribution in [0.5, 0.6) is 0 Å². The van der Waals surface area contributed by atoms with E-state index in [4.69, 9.17) is 9.47 Å². The first-order valence-electron chi connectivity index (χ1n) is 7.07. The van der Waals surface area contributed by atoms with Gasteiger partial charge in [-0.25, -0.2) is 0 Å². The number of likely N-dealkylation sites (tertiary alicyclic amines) is 1. The summed E-state index contributed by atoms with van der Waals surface area (Å²) in [5.41, 5.74) is 0. The van der Waals surface area contributed by atoms with E-state index in [-0.39, 0.29) is 18.1 Å². The van der Waals surface area contributed by atoms with Crippen molar-refractivity contribution in [2.45, 2.75) is 52.2 Å². The van der Waals surface area contributed by atoms with Crippen LogP contribution in [0.4, 0.5) is 0 Å². The summed E-state index contributed by atoms with van der Waals surface area (Å²) >= 11 is 0. The van der Waals surface area contributed by atoms with E-state index in [2.05, 4.69) is 18.7 Å². The van der Waals surface area contributed by atoms with Gasteiger partial charge < -0.3 is 9.47 Å². The largest absolute Gasteiger partial charge is 0.465 e. The van der Waals surface area contributed by atoms with Gasteiger partial charge in [-0.05, 0) is 32.2 Å². The molecule has 4 nitrogen and oxygen atoms in total. The number of carbonyl (C=O) groups is 1. The summed E-state index contributed by atoms with van der Waals surface area (Å²) in [4.78, 5) is 14.2. The van der Waals surface area contributed by atoms with Crippen molar-refractivity contribution in [1.82, 2.24) is 4.90 Å². The van der Waals surface area contributed by atoms with Gasteiger partial charge in [0.25, 0.3) is 0 Å². The Morgan fingerprint density at radius 2 is 2.17 bits per heavy atom. The minimum atomic E-state index is -0.0971. The predicted octanol–water partition coefficient (Wildman–Crippen LogP) is 2.08. The van der Waals surface area contributed by atoms with Crippen molar-refractivity contribution in [3.8, 4) is 0 Å². The second-order valence-electron chi connectivity index (χ2n) is 5.09. The topological polar surface area (TPSA) is 38.8 Å². The molecule has 0 radical (unpaired) electrons. The molecule has 1 aliphatic heterocycles. The Morgan fingerprint density at radius 1 is 1.44 bits per heavy atom. The van der Waals surface area contributed by atoms with Crippen LogP contribution in [0.25, 0.3) is 0 Å². The second-order valence-corrected chi connectivity index (χ2v) is 5.09. The predicted molar refractivity (Wildman–Crippen MR) is 71.5 cm³/mol. The van der Waals surface area contributed by atoms with Crippen LogP contribution < -0.4 is 0 Å². The normalized spacial score (nSPS) is 26.9. The zero-order chi connectivity index (χ0) is 13.5. The van der Waals surface area contributed by atoms with Crippen LogP contribution in [-0.4, -0.2) is 49.8 Å². The third-order valence-electron chi connectivity index (χ3n) is 3.79. The molecule has 0 aromatic rings. The molecule has 0 N–H and O–H groups in total. The first-order valence-corrected chi connectivity index (χ1v) is 7.07. The Hall–Kier alpha value is -0.610. The quantitative estimate of drug-likeness (QED) is 0.683. The summed E-state index contributed by atoms with van der Waals surface area (Å²) in [6.07, 6.45) is 3.17. The van der Waals surface area contributed by atoms with Gasteiger partial charge in [0.15, 0.2) is 0 Å². The molecule has 0 aromatic heterocycles. The van der Waals surface area contributed by atoms with E-state index in [1.807, 2.05) is 6.92 Å². The average molecular weight is 257 g/mol. The second kappa shape index (κ2) is 7.74. The number of piperidine rings is 1. The molecule has 0 amide bonds. The first-order chi connectivity index (χ1) is 8.63. The van der Waals surface area contributed by atoms with Crippen LogP contribution in [0, 0.1) is 5.92 Å². The van der Waals surface area contributed by atoms with E-state index >= 15 is 0 Å². The van der Waals surface area contributed by atoms with Gasteiger partial charge in [0.2, 0.25) is 0 Å². The molecule has 0 bridgehead atoms. The third-order valence-corrected chi connectivity index (χ3v) is 3.79. The number of carbonyl (C=O) groups excluding carboxylic acids is 1. The summed E-state index contributed by atoms with van der Waals surface area (Å²) in [7, 11) is 1.75. The number of hydrogen-bond donors (Lipinski definition) is 0. The highest BCUT2D eigenvalue weighted by Crippen LogP contribution is 2.23. The van der Waals surface area contributed by atoms with E-state index in [0.717, 1.165) is 32.4 Å². The lowest BCUT2D eigenvalue weighted by atomic mass is 9.94. The summed E-state index contributed by atoms with van der Waals surface area (Å²) < 4.78 is 10.7. The van der Waals surface area contributed by atoms with Crippen LogP contribution in [0.2, 0.25) is 0 Å². The summed E-state index contributed by atoms with van der Waals surface area (Å²) in [6, 6.07) is -0.0971. The minimum absolute atomic E-state index is 0.0799. The third kappa shape index (κ3) is 3.95. The number of nitrogens with zero attached hydrogens (tertiary/aromatic N) is 1. The Bertz CT molecular complexity index is 257. The molecule has 3 unspecified atom stereocenters. The van der Waals surface area contributed by atoms with Crippen LogP contribution in [0.1, 0.15) is 40.0 Å². The lowest BCUT2D eigenvalue weighted by Gasteiger charge is -2.39. The fraction of sp³-hybridized carbons (Fsp3) is 0.929. The zero-order valence-electron chi connectivity index (χ0n) is 12.1. The van der Waals surface area contributed by atoms with Crippen LogP contribution >= 0.6 is 0 Å². The van der Waals surface area contributed by atoms with E-state index < -0.39 is 0 Å². The van der Waals surface area contributed by atoms with Gasteiger partial charge in [-0.1, -0.05) is 20.3 Å². The van der Waals surface area contributed by atoms with Crippen molar-refractivity contribution in [1.29, 1.82) is 0 Å². The number of esters is 1. The van der Waals surface area contributed by atoms with Crippen molar-refractivity contribution in [3.05, 3.63) is 0 Å². The van der Waals surface area contributed by atoms with Crippen molar-refractivity contribution < 1.29 is 14.3 Å². The van der Waals surface area contributed by atoms with Gasteiger partial charge in [-0.3, -0.25) is 9.69 Å². The van der Waals surface area contributed by atoms with Crippen molar-refractivity contribution in [2.24, 2.45) is 5.92 Å². The maximum absolute atomic E-state index is 12.0. The van der Waals surface area contributed by atoms with Crippen molar-refractivity contribution in [3.63, 3.8) is 0 Å². The van der Waals surface area contributed by atoms with Gasteiger partial charge in [-0.15, -0.1) is 0 Å². The number of ether oxygens (including phenoxy) is 2. The fourth-order valence-corrected chi connectivity index (χ4v) is 2.61. The lowest BCUT2D eigenvalue weighted by molar-refractivity contribution is -0.152. The highest BCUT2D eigenvalue weighted by atomic mass is 16.5. The molecule has 1 rings (SSSR count). The van der Waals surface area contributed by atoms with Gasteiger partial charge >= 0.3 is 5.97 Å². The maximum atomic E-state index is 12.0. The standard InChI is InChI=1S/C14H27NO3/c1-5-7-12(14(16)18-6-2)15-9-8-11(3)13(10-15)17-4/h11-13H,5-10H2,1-4H3. The molecule has 1 fully saturated rings. The highest BCUT2D eigenvalue weighted by molar-refractivity contribution is 5.75. The van der Waals surface area contributed by atoms with Crippen LogP contribution in [0.15, 0.2) is 0 Å². The molecular formula is C14H27NO3. The smallest absolute Gasteiger partial charge is 0.323 e. The molecule has 18 heavy (non-hydrogen) atoms. The molecule has 0 aliphatic carbocycles. The molecule has 0 aromatic carbocycles. The number of methoxy groups -OCH3 is 1. The molecule has 1 aliphatic rings. The fourth-order valence-electron chi connectivity index (χ4n) is 2.61. The molecule has 106 valence electrons. The molecule has 1 saturated heterocycles. The summed E-state index contributed by atoms with van der Waals surface area (Å²) in [5, 5.41) is 0. The minimum Gasteiger partial charge on any atom is -0.465 e. The van der Waals surface area contributed by atoms with E-state index in [0.29, 0.717) is 12.5 Å². The molecule has 1 heterocycles. The number of rotatable bonds is 6. The SMILES string of the molecule is CCCC(C(=O)OCC)N1CCC(C)C(OC)C1. The Balaban J connectivity index is 2.64. The van der Waals surface area contributed by atoms with E-state index in [1.165, 1.54) is 0 Å². The van der Waals surface area contributed by atoms with Gasteiger partial charge in [0.1, 0.15) is 6.04 Å². The lowest BCUT2D eigenvalue weighted by Crippen LogP contribution is -2.51. The average Bonchev–Trinajstić information content (AvgIpc) is 2.37. The summed E-state index contributed by atoms with van der Waals surface area (Å²) in [5.74, 6) is 0.486. The monoisotopic (exact) mass is 257 g/mol. The molecular weight excluding hydrogens is 230 g/mol. The molecule has 4 heteroatoms. The Morgan fingerprint density at radius 3 is 2.72 bits per heavy atom. The Kier molecular flexibility index (Phi) is 6.65. The van der Waals surface area contributed by atoms with Gasteiger partial charge in [0, 0.05) is 13.7 Å². The number of hydrogen-bond acceptors (Lipinski definition) is 4. The summed E-state index contributed by atoms with van der Waals surface area (Å²) in [6.45, 7) is 8.43. The van der Waals surface area contributed by atoms with E-state index in [1.54, 1.807) is 7.11 Å². The maximum Gasteiger partial charge on any atom is 0.323 e. The zero-order valence-corrected chi connectivity index (χ0v) is 12.1. The van der Waals surface area contributed by atoms with Gasteiger partial charge in [0.05, 0.1) is 12.7 Å².